The summed E-state index contributed by atoms with van der Waals surface area (Å²) < 4.78 is 40.8. The second kappa shape index (κ2) is 11.4. The summed E-state index contributed by atoms with van der Waals surface area (Å²) in [7, 11) is 0. The summed E-state index contributed by atoms with van der Waals surface area (Å²) in [6.45, 7) is 12.5. The van der Waals surface area contributed by atoms with Crippen LogP contribution in [0.3, 0.4) is 0 Å². The molecule has 38 heavy (non-hydrogen) atoms. The van der Waals surface area contributed by atoms with Crippen molar-refractivity contribution < 1.29 is 27.8 Å². The van der Waals surface area contributed by atoms with Crippen LogP contribution >= 0.6 is 0 Å². The molecule has 0 bridgehead atoms. The highest BCUT2D eigenvalue weighted by molar-refractivity contribution is 6.02. The third-order valence-corrected chi connectivity index (χ3v) is 5.92. The van der Waals surface area contributed by atoms with Crippen molar-refractivity contribution in [2.45, 2.75) is 79.1 Å². The van der Waals surface area contributed by atoms with Gasteiger partial charge < -0.3 is 20.1 Å². The number of hydrogen-bond acceptors (Lipinski definition) is 5. The van der Waals surface area contributed by atoms with E-state index in [-0.39, 0.29) is 30.5 Å². The number of nitrogens with one attached hydrogen (secondary N) is 2. The van der Waals surface area contributed by atoms with Gasteiger partial charge in [-0.1, -0.05) is 19.4 Å². The average Bonchev–Trinajstić information content (AvgIpc) is 3.11. The van der Waals surface area contributed by atoms with Crippen LogP contribution in [0, 0.1) is 25.5 Å². The molecule has 0 aliphatic carbocycles. The fraction of sp³-hybridized carbons (Fsp3) is 0.464. The zero-order chi connectivity index (χ0) is 28.3. The van der Waals surface area contributed by atoms with E-state index in [1.165, 1.54) is 10.6 Å². The van der Waals surface area contributed by atoms with Crippen molar-refractivity contribution in [1.82, 2.24) is 20.2 Å². The number of carbonyl (C=O) groups is 2. The minimum Gasteiger partial charge on any atom is -0.473 e. The molecule has 3 aromatic rings. The summed E-state index contributed by atoms with van der Waals surface area (Å²) >= 11 is 0. The number of rotatable bonds is 9. The molecule has 2 heterocycles. The molecule has 2 aromatic heterocycles. The number of pyridine rings is 1. The van der Waals surface area contributed by atoms with E-state index in [0.717, 1.165) is 24.1 Å². The number of fused-ring (bicyclic) bond motifs is 1. The standard InChI is InChI=1S/C28H36F2N4O4/c1-8-12-28(7,32-26(36)38-27(4,5)6)16-31-25(35)24-18(3)33-34-22(24)13-17(2)14-23(34)37-15-19-20(29)10-9-11-21(19)30/h9-11,13-14H,8,12,15-16H2,1-7H3,(H,31,35)(H,32,36). The smallest absolute Gasteiger partial charge is 0.408 e. The minimum atomic E-state index is -0.738. The molecule has 206 valence electrons. The highest BCUT2D eigenvalue weighted by atomic mass is 19.1. The fourth-order valence-electron chi connectivity index (χ4n) is 4.22. The Bertz CT molecular complexity index is 1310. The fourth-order valence-corrected chi connectivity index (χ4v) is 4.22. The molecule has 8 nitrogen and oxygen atoms in total. The second-order valence-corrected chi connectivity index (χ2v) is 10.7. The molecule has 0 saturated carbocycles. The molecule has 0 radical (unpaired) electrons. The third-order valence-electron chi connectivity index (χ3n) is 5.92. The number of halogens is 2. The number of nitrogens with zero attached hydrogens (tertiary/aromatic N) is 2. The van der Waals surface area contributed by atoms with Crippen molar-refractivity contribution >= 4 is 17.5 Å². The molecular weight excluding hydrogens is 494 g/mol. The lowest BCUT2D eigenvalue weighted by molar-refractivity contribution is 0.0453. The van der Waals surface area contributed by atoms with Gasteiger partial charge in [-0.05, 0) is 71.7 Å². The summed E-state index contributed by atoms with van der Waals surface area (Å²) in [5, 5.41) is 10.3. The Morgan fingerprint density at radius 3 is 2.34 bits per heavy atom. The number of benzene rings is 1. The molecule has 2 amide bonds. The Labute approximate surface area is 221 Å². The largest absolute Gasteiger partial charge is 0.473 e. The number of hydrogen-bond donors (Lipinski definition) is 2. The molecule has 1 atom stereocenters. The van der Waals surface area contributed by atoms with Crippen LogP contribution in [0.5, 0.6) is 5.88 Å². The molecule has 1 aromatic carbocycles. The lowest BCUT2D eigenvalue weighted by Gasteiger charge is -2.32. The lowest BCUT2D eigenvalue weighted by Crippen LogP contribution is -2.54. The summed E-state index contributed by atoms with van der Waals surface area (Å²) in [6.07, 6.45) is 0.836. The van der Waals surface area contributed by atoms with E-state index in [9.17, 15) is 18.4 Å². The average molecular weight is 531 g/mol. The van der Waals surface area contributed by atoms with E-state index < -0.39 is 28.9 Å². The second-order valence-electron chi connectivity index (χ2n) is 10.7. The Morgan fingerprint density at radius 2 is 1.74 bits per heavy atom. The predicted molar refractivity (Wildman–Crippen MR) is 140 cm³/mol. The van der Waals surface area contributed by atoms with Crippen molar-refractivity contribution in [3.63, 3.8) is 0 Å². The van der Waals surface area contributed by atoms with Gasteiger partial charge in [-0.2, -0.15) is 9.61 Å². The molecule has 0 aliphatic heterocycles. The number of carbonyl (C=O) groups excluding carboxylic acids is 2. The van der Waals surface area contributed by atoms with Gasteiger partial charge in [-0.3, -0.25) is 4.79 Å². The number of alkyl carbamates (subject to hydrolysis) is 1. The minimum absolute atomic E-state index is 0.164. The van der Waals surface area contributed by atoms with Crippen LogP contribution in [0.4, 0.5) is 13.6 Å². The molecule has 3 rings (SSSR count). The van der Waals surface area contributed by atoms with Crippen LogP contribution < -0.4 is 15.4 Å². The maximum Gasteiger partial charge on any atom is 0.408 e. The first-order valence-corrected chi connectivity index (χ1v) is 12.6. The van der Waals surface area contributed by atoms with E-state index in [1.54, 1.807) is 39.8 Å². The van der Waals surface area contributed by atoms with E-state index >= 15 is 0 Å². The molecule has 0 saturated heterocycles. The Morgan fingerprint density at radius 1 is 1.08 bits per heavy atom. The van der Waals surface area contributed by atoms with Crippen LogP contribution in [-0.4, -0.2) is 39.3 Å². The van der Waals surface area contributed by atoms with Crippen LogP contribution in [0.25, 0.3) is 5.52 Å². The molecule has 1 unspecified atom stereocenters. The maximum absolute atomic E-state index is 14.1. The number of aryl methyl sites for hydroxylation is 2. The van der Waals surface area contributed by atoms with Crippen LogP contribution in [0.2, 0.25) is 0 Å². The number of ether oxygens (including phenoxy) is 2. The first kappa shape index (κ1) is 28.9. The maximum atomic E-state index is 14.1. The van der Waals surface area contributed by atoms with Crippen LogP contribution in [0.1, 0.15) is 74.6 Å². The van der Waals surface area contributed by atoms with Crippen molar-refractivity contribution in [3.05, 3.63) is 64.4 Å². The number of aromatic nitrogens is 2. The number of amides is 2. The topological polar surface area (TPSA) is 94.0 Å². The van der Waals surface area contributed by atoms with Gasteiger partial charge in [0, 0.05) is 12.6 Å². The van der Waals surface area contributed by atoms with Gasteiger partial charge >= 0.3 is 6.09 Å². The molecule has 2 N–H and O–H groups in total. The van der Waals surface area contributed by atoms with E-state index in [2.05, 4.69) is 15.7 Å². The lowest BCUT2D eigenvalue weighted by atomic mass is 9.96. The molecular formula is C28H36F2N4O4. The Kier molecular flexibility index (Phi) is 8.64. The van der Waals surface area contributed by atoms with Crippen molar-refractivity contribution in [2.24, 2.45) is 0 Å². The van der Waals surface area contributed by atoms with Crippen LogP contribution in [0.15, 0.2) is 30.3 Å². The first-order valence-electron chi connectivity index (χ1n) is 12.6. The summed E-state index contributed by atoms with van der Waals surface area (Å²) in [4.78, 5) is 25.8. The Hall–Kier alpha value is -3.69. The van der Waals surface area contributed by atoms with Gasteiger partial charge in [0.2, 0.25) is 5.88 Å². The molecule has 10 heteroatoms. The van der Waals surface area contributed by atoms with E-state index in [1.807, 2.05) is 20.8 Å². The highest BCUT2D eigenvalue weighted by Gasteiger charge is 2.30. The normalized spacial score (nSPS) is 13.2. The van der Waals surface area contributed by atoms with E-state index in [4.69, 9.17) is 9.47 Å². The van der Waals surface area contributed by atoms with Gasteiger partial charge in [0.05, 0.1) is 27.9 Å². The van der Waals surface area contributed by atoms with Crippen molar-refractivity contribution in [1.29, 1.82) is 0 Å². The summed E-state index contributed by atoms with van der Waals surface area (Å²) in [5.74, 6) is -1.55. The monoisotopic (exact) mass is 530 g/mol. The zero-order valence-electron chi connectivity index (χ0n) is 23.0. The van der Waals surface area contributed by atoms with Crippen molar-refractivity contribution in [3.8, 4) is 5.88 Å². The first-order chi connectivity index (χ1) is 17.7. The zero-order valence-corrected chi connectivity index (χ0v) is 23.0. The highest BCUT2D eigenvalue weighted by Crippen LogP contribution is 2.25. The van der Waals surface area contributed by atoms with Gasteiger partial charge in [-0.15, -0.1) is 0 Å². The predicted octanol–water partition coefficient (Wildman–Crippen LogP) is 5.62. The molecule has 0 aliphatic rings. The van der Waals surface area contributed by atoms with Gasteiger partial charge in [0.15, 0.2) is 0 Å². The van der Waals surface area contributed by atoms with Gasteiger partial charge in [0.1, 0.15) is 23.8 Å². The van der Waals surface area contributed by atoms with Crippen LogP contribution in [-0.2, 0) is 11.3 Å². The van der Waals surface area contributed by atoms with Gasteiger partial charge in [0.25, 0.3) is 5.91 Å². The summed E-state index contributed by atoms with van der Waals surface area (Å²) in [5.41, 5.74) is 0.469. The SMILES string of the molecule is CCCC(C)(CNC(=O)c1c(C)nn2c(OCc3c(F)cccc3F)cc(C)cc12)NC(=O)OC(C)(C)C. The third kappa shape index (κ3) is 6.99. The summed E-state index contributed by atoms with van der Waals surface area (Å²) in [6, 6.07) is 7.09. The van der Waals surface area contributed by atoms with E-state index in [0.29, 0.717) is 23.2 Å². The van der Waals surface area contributed by atoms with Gasteiger partial charge in [-0.25, -0.2) is 13.6 Å². The van der Waals surface area contributed by atoms with Crippen molar-refractivity contribution in [2.75, 3.05) is 6.54 Å². The Balaban J connectivity index is 1.83. The molecule has 0 spiro atoms. The quantitative estimate of drug-likeness (QED) is 0.374. The molecule has 0 fully saturated rings.